The summed E-state index contributed by atoms with van der Waals surface area (Å²) in [5.41, 5.74) is 4.69. The molecule has 0 atom stereocenters. The third-order valence-corrected chi connectivity index (χ3v) is 3.99. The summed E-state index contributed by atoms with van der Waals surface area (Å²) in [7, 11) is 0. The molecule has 21 heavy (non-hydrogen) atoms. The molecule has 0 spiro atoms. The topological polar surface area (TPSA) is 32.9 Å². The number of hydrogen-bond acceptors (Lipinski definition) is 1. The number of carbonyl (C=O) groups excluding carboxylic acids is 1. The Morgan fingerprint density at radius 1 is 1.14 bits per heavy atom. The smallest absolute Gasteiger partial charge is 0.152 e. The van der Waals surface area contributed by atoms with Crippen LogP contribution in [0.5, 0.6) is 0 Å². The minimum Gasteiger partial charge on any atom is -0.354 e. The zero-order valence-electron chi connectivity index (χ0n) is 12.0. The van der Waals surface area contributed by atoms with E-state index in [1.54, 1.807) is 0 Å². The quantitative estimate of drug-likeness (QED) is 0.643. The number of nitrogens with one attached hydrogen (secondary N) is 1. The van der Waals surface area contributed by atoms with Crippen LogP contribution in [0.25, 0.3) is 22.2 Å². The lowest BCUT2D eigenvalue weighted by Gasteiger charge is -2.06. The van der Waals surface area contributed by atoms with Crippen LogP contribution >= 0.6 is 11.6 Å². The molecule has 0 aliphatic carbocycles. The van der Waals surface area contributed by atoms with Gasteiger partial charge in [-0.15, -0.1) is 0 Å². The second kappa shape index (κ2) is 5.38. The number of aromatic nitrogens is 1. The van der Waals surface area contributed by atoms with Crippen LogP contribution in [0.4, 0.5) is 0 Å². The van der Waals surface area contributed by atoms with Gasteiger partial charge in [0.15, 0.2) is 6.29 Å². The molecule has 2 aromatic carbocycles. The summed E-state index contributed by atoms with van der Waals surface area (Å²) in [4.78, 5) is 15.0. The van der Waals surface area contributed by atoms with Crippen molar-refractivity contribution in [3.8, 4) is 11.3 Å². The molecule has 1 heterocycles. The molecule has 0 saturated heterocycles. The van der Waals surface area contributed by atoms with E-state index in [4.69, 9.17) is 11.6 Å². The average Bonchev–Trinajstić information content (AvgIpc) is 2.85. The molecule has 0 amide bonds. The molecule has 3 heteroatoms. The third kappa shape index (κ3) is 2.36. The van der Waals surface area contributed by atoms with E-state index in [0.29, 0.717) is 16.5 Å². The average molecular weight is 298 g/mol. The van der Waals surface area contributed by atoms with E-state index >= 15 is 0 Å². The van der Waals surface area contributed by atoms with Gasteiger partial charge in [-0.2, -0.15) is 0 Å². The number of rotatable bonds is 3. The summed E-state index contributed by atoms with van der Waals surface area (Å²) in [5, 5.41) is 1.62. The molecule has 3 rings (SSSR count). The monoisotopic (exact) mass is 297 g/mol. The minimum atomic E-state index is 0.388. The number of aldehydes is 1. The molecule has 0 radical (unpaired) electrons. The second-order valence-corrected chi connectivity index (χ2v) is 5.90. The molecule has 0 aliphatic rings. The van der Waals surface area contributed by atoms with Crippen LogP contribution < -0.4 is 0 Å². The first kappa shape index (κ1) is 13.9. The lowest BCUT2D eigenvalue weighted by molar-refractivity contribution is 0.112. The SMILES string of the molecule is CC(C)c1cccc2c(C=O)c(-c3cccc(Cl)c3)[nH]c12. The van der Waals surface area contributed by atoms with Gasteiger partial charge < -0.3 is 4.98 Å². The van der Waals surface area contributed by atoms with Crippen molar-refractivity contribution < 1.29 is 4.79 Å². The molecular formula is C18H16ClNO. The highest BCUT2D eigenvalue weighted by atomic mass is 35.5. The summed E-state index contributed by atoms with van der Waals surface area (Å²) in [6.45, 7) is 4.30. The molecule has 0 bridgehead atoms. The van der Waals surface area contributed by atoms with E-state index in [2.05, 4.69) is 24.9 Å². The standard InChI is InChI=1S/C18H16ClNO/c1-11(2)14-7-4-8-15-16(10-21)17(20-18(14)15)12-5-3-6-13(19)9-12/h3-11,20H,1-2H3. The van der Waals surface area contributed by atoms with E-state index in [-0.39, 0.29) is 0 Å². The summed E-state index contributed by atoms with van der Waals surface area (Å²) in [5.74, 6) is 0.388. The highest BCUT2D eigenvalue weighted by Crippen LogP contribution is 2.33. The highest BCUT2D eigenvalue weighted by Gasteiger charge is 2.16. The number of carbonyl (C=O) groups is 1. The lowest BCUT2D eigenvalue weighted by Crippen LogP contribution is -1.88. The molecule has 1 aromatic heterocycles. The molecule has 3 aromatic rings. The summed E-state index contributed by atoms with van der Waals surface area (Å²) >= 11 is 6.07. The Labute approximate surface area is 128 Å². The van der Waals surface area contributed by atoms with Crippen LogP contribution in [0, 0.1) is 0 Å². The maximum Gasteiger partial charge on any atom is 0.152 e. The van der Waals surface area contributed by atoms with Gasteiger partial charge in [-0.1, -0.05) is 55.8 Å². The molecular weight excluding hydrogens is 282 g/mol. The van der Waals surface area contributed by atoms with Crippen LogP contribution in [0.2, 0.25) is 5.02 Å². The van der Waals surface area contributed by atoms with Crippen molar-refractivity contribution in [2.75, 3.05) is 0 Å². The fourth-order valence-corrected chi connectivity index (χ4v) is 2.93. The summed E-state index contributed by atoms with van der Waals surface area (Å²) in [6, 6.07) is 13.6. The maximum atomic E-state index is 11.6. The highest BCUT2D eigenvalue weighted by molar-refractivity contribution is 6.30. The Balaban J connectivity index is 2.33. The van der Waals surface area contributed by atoms with Gasteiger partial charge in [0.1, 0.15) is 0 Å². The number of benzene rings is 2. The number of H-pyrrole nitrogens is 1. The van der Waals surface area contributed by atoms with Crippen molar-refractivity contribution in [2.24, 2.45) is 0 Å². The van der Waals surface area contributed by atoms with Gasteiger partial charge in [-0.3, -0.25) is 4.79 Å². The third-order valence-electron chi connectivity index (χ3n) is 3.76. The first-order valence-electron chi connectivity index (χ1n) is 6.97. The van der Waals surface area contributed by atoms with Crippen LogP contribution in [0.3, 0.4) is 0 Å². The number of fused-ring (bicyclic) bond motifs is 1. The van der Waals surface area contributed by atoms with Gasteiger partial charge in [0.25, 0.3) is 0 Å². The Hall–Kier alpha value is -2.06. The van der Waals surface area contributed by atoms with Crippen molar-refractivity contribution in [3.63, 3.8) is 0 Å². The summed E-state index contributed by atoms with van der Waals surface area (Å²) < 4.78 is 0. The van der Waals surface area contributed by atoms with Crippen LogP contribution in [0.15, 0.2) is 42.5 Å². The van der Waals surface area contributed by atoms with Gasteiger partial charge in [-0.05, 0) is 23.6 Å². The van der Waals surface area contributed by atoms with Crippen LogP contribution in [-0.4, -0.2) is 11.3 Å². The van der Waals surface area contributed by atoms with E-state index in [1.165, 1.54) is 5.56 Å². The number of para-hydroxylation sites is 1. The molecule has 1 N–H and O–H groups in total. The molecule has 2 nitrogen and oxygen atoms in total. The number of aromatic amines is 1. The minimum absolute atomic E-state index is 0.388. The van der Waals surface area contributed by atoms with Crippen molar-refractivity contribution in [3.05, 3.63) is 58.6 Å². The second-order valence-electron chi connectivity index (χ2n) is 5.47. The Morgan fingerprint density at radius 3 is 2.57 bits per heavy atom. The summed E-state index contributed by atoms with van der Waals surface area (Å²) in [6.07, 6.45) is 0.916. The van der Waals surface area contributed by atoms with Crippen LogP contribution in [-0.2, 0) is 0 Å². The van der Waals surface area contributed by atoms with Crippen molar-refractivity contribution >= 4 is 28.8 Å². The fourth-order valence-electron chi connectivity index (χ4n) is 2.74. The van der Waals surface area contributed by atoms with Gasteiger partial charge in [0, 0.05) is 21.5 Å². The first-order chi connectivity index (χ1) is 10.1. The predicted molar refractivity (Wildman–Crippen MR) is 88.2 cm³/mol. The van der Waals surface area contributed by atoms with Gasteiger partial charge in [-0.25, -0.2) is 0 Å². The molecule has 0 unspecified atom stereocenters. The number of halogens is 1. The normalized spacial score (nSPS) is 11.2. The lowest BCUT2D eigenvalue weighted by atomic mass is 9.99. The van der Waals surface area contributed by atoms with Crippen molar-refractivity contribution in [1.29, 1.82) is 0 Å². The number of hydrogen-bond donors (Lipinski definition) is 1. The zero-order valence-corrected chi connectivity index (χ0v) is 12.7. The van der Waals surface area contributed by atoms with E-state index < -0.39 is 0 Å². The van der Waals surface area contributed by atoms with Gasteiger partial charge in [0.2, 0.25) is 0 Å². The first-order valence-corrected chi connectivity index (χ1v) is 7.35. The van der Waals surface area contributed by atoms with E-state index in [1.807, 2.05) is 36.4 Å². The fraction of sp³-hybridized carbons (Fsp3) is 0.167. The van der Waals surface area contributed by atoms with Gasteiger partial charge in [0.05, 0.1) is 11.2 Å². The van der Waals surface area contributed by atoms with Gasteiger partial charge >= 0.3 is 0 Å². The zero-order chi connectivity index (χ0) is 15.0. The van der Waals surface area contributed by atoms with E-state index in [0.717, 1.165) is 28.4 Å². The Morgan fingerprint density at radius 2 is 1.90 bits per heavy atom. The van der Waals surface area contributed by atoms with E-state index in [9.17, 15) is 4.79 Å². The largest absolute Gasteiger partial charge is 0.354 e. The van der Waals surface area contributed by atoms with Crippen LogP contribution in [0.1, 0.15) is 35.7 Å². The van der Waals surface area contributed by atoms with Crippen molar-refractivity contribution in [1.82, 2.24) is 4.98 Å². The Bertz CT molecular complexity index is 817. The Kier molecular flexibility index (Phi) is 3.56. The molecule has 0 aliphatic heterocycles. The molecule has 0 saturated carbocycles. The predicted octanol–water partition coefficient (Wildman–Crippen LogP) is 5.42. The maximum absolute atomic E-state index is 11.6. The molecule has 106 valence electrons. The van der Waals surface area contributed by atoms with Crippen molar-refractivity contribution in [2.45, 2.75) is 19.8 Å². The molecule has 0 fully saturated rings.